The Morgan fingerprint density at radius 3 is 2.65 bits per heavy atom. The van der Waals surface area contributed by atoms with Crippen molar-refractivity contribution in [1.82, 2.24) is 19.5 Å². The fourth-order valence-electron chi connectivity index (χ4n) is 2.67. The van der Waals surface area contributed by atoms with E-state index in [1.54, 1.807) is 11.9 Å². The molecule has 23 heavy (non-hydrogen) atoms. The minimum atomic E-state index is -1.21. The number of rotatable bonds is 5. The molecule has 0 aliphatic carbocycles. The van der Waals surface area contributed by atoms with E-state index in [1.807, 2.05) is 0 Å². The molecule has 3 heterocycles. The highest BCUT2D eigenvalue weighted by atomic mass is 16.6. The SMILES string of the molecule is CN(CCO)c1ncnc2c1ncn2[C@@H]1O[C@H](CO)[C@@H](O)[C@H]1O. The minimum Gasteiger partial charge on any atom is -0.395 e. The van der Waals surface area contributed by atoms with Crippen molar-refractivity contribution < 1.29 is 25.2 Å². The predicted molar refractivity (Wildman–Crippen MR) is 78.7 cm³/mol. The van der Waals surface area contributed by atoms with E-state index in [0.29, 0.717) is 23.5 Å². The summed E-state index contributed by atoms with van der Waals surface area (Å²) >= 11 is 0. The molecular formula is C13H19N5O5. The van der Waals surface area contributed by atoms with Gasteiger partial charge < -0.3 is 30.1 Å². The molecule has 1 saturated heterocycles. The highest BCUT2D eigenvalue weighted by molar-refractivity contribution is 5.83. The maximum Gasteiger partial charge on any atom is 0.167 e. The molecule has 0 radical (unpaired) electrons. The van der Waals surface area contributed by atoms with Crippen molar-refractivity contribution in [2.75, 3.05) is 31.7 Å². The molecule has 2 aromatic heterocycles. The number of hydrogen-bond donors (Lipinski definition) is 4. The summed E-state index contributed by atoms with van der Waals surface area (Å²) in [5, 5.41) is 38.2. The van der Waals surface area contributed by atoms with Gasteiger partial charge in [0.05, 0.1) is 19.5 Å². The highest BCUT2D eigenvalue weighted by Crippen LogP contribution is 2.32. The van der Waals surface area contributed by atoms with Gasteiger partial charge in [0.15, 0.2) is 23.2 Å². The third-order valence-corrected chi connectivity index (χ3v) is 3.93. The average Bonchev–Trinajstić information content (AvgIpc) is 3.09. The number of ether oxygens (including phenoxy) is 1. The van der Waals surface area contributed by atoms with Gasteiger partial charge in [0.25, 0.3) is 0 Å². The van der Waals surface area contributed by atoms with Crippen LogP contribution in [0.15, 0.2) is 12.7 Å². The van der Waals surface area contributed by atoms with Crippen molar-refractivity contribution in [3.63, 3.8) is 0 Å². The zero-order valence-electron chi connectivity index (χ0n) is 12.5. The monoisotopic (exact) mass is 325 g/mol. The molecule has 0 aromatic carbocycles. The molecule has 4 N–H and O–H groups in total. The average molecular weight is 325 g/mol. The third kappa shape index (κ3) is 2.64. The second kappa shape index (κ2) is 6.34. The van der Waals surface area contributed by atoms with Crippen LogP contribution in [-0.4, -0.2) is 85.1 Å². The molecule has 0 bridgehead atoms. The van der Waals surface area contributed by atoms with E-state index in [4.69, 9.17) is 9.84 Å². The lowest BCUT2D eigenvalue weighted by Crippen LogP contribution is -2.33. The number of fused-ring (bicyclic) bond motifs is 1. The van der Waals surface area contributed by atoms with Crippen LogP contribution in [0.25, 0.3) is 11.2 Å². The third-order valence-electron chi connectivity index (χ3n) is 3.93. The van der Waals surface area contributed by atoms with Crippen LogP contribution in [0.1, 0.15) is 6.23 Å². The van der Waals surface area contributed by atoms with Gasteiger partial charge >= 0.3 is 0 Å². The fraction of sp³-hybridized carbons (Fsp3) is 0.615. The van der Waals surface area contributed by atoms with Crippen LogP contribution in [0.5, 0.6) is 0 Å². The molecule has 1 aliphatic rings. The normalized spacial score (nSPS) is 27.7. The van der Waals surface area contributed by atoms with Crippen molar-refractivity contribution in [2.24, 2.45) is 0 Å². The highest BCUT2D eigenvalue weighted by Gasteiger charge is 2.44. The lowest BCUT2D eigenvalue weighted by atomic mass is 10.1. The Morgan fingerprint density at radius 2 is 2.00 bits per heavy atom. The number of nitrogens with zero attached hydrogens (tertiary/aromatic N) is 5. The molecule has 0 spiro atoms. The van der Waals surface area contributed by atoms with Gasteiger partial charge in [-0.05, 0) is 0 Å². The van der Waals surface area contributed by atoms with Crippen LogP contribution < -0.4 is 4.90 Å². The molecule has 1 aliphatic heterocycles. The Labute approximate surface area is 131 Å². The lowest BCUT2D eigenvalue weighted by Gasteiger charge is -2.18. The summed E-state index contributed by atoms with van der Waals surface area (Å²) in [6, 6.07) is 0. The van der Waals surface area contributed by atoms with Gasteiger partial charge in [-0.1, -0.05) is 0 Å². The fourth-order valence-corrected chi connectivity index (χ4v) is 2.67. The van der Waals surface area contributed by atoms with Crippen molar-refractivity contribution in [1.29, 1.82) is 0 Å². The van der Waals surface area contributed by atoms with Gasteiger partial charge in [0, 0.05) is 13.6 Å². The molecule has 1 fully saturated rings. The number of anilines is 1. The van der Waals surface area contributed by atoms with Gasteiger partial charge in [-0.25, -0.2) is 15.0 Å². The van der Waals surface area contributed by atoms with Crippen LogP contribution in [0.2, 0.25) is 0 Å². The van der Waals surface area contributed by atoms with Crippen LogP contribution in [0, 0.1) is 0 Å². The molecule has 0 unspecified atom stereocenters. The van der Waals surface area contributed by atoms with Crippen LogP contribution in [0.3, 0.4) is 0 Å². The second-order valence-corrected chi connectivity index (χ2v) is 5.40. The summed E-state index contributed by atoms with van der Waals surface area (Å²) in [5.74, 6) is 0.537. The first-order valence-corrected chi connectivity index (χ1v) is 7.20. The first-order chi connectivity index (χ1) is 11.1. The van der Waals surface area contributed by atoms with E-state index >= 15 is 0 Å². The van der Waals surface area contributed by atoms with E-state index < -0.39 is 31.1 Å². The zero-order valence-corrected chi connectivity index (χ0v) is 12.5. The molecule has 0 saturated carbocycles. The molecule has 126 valence electrons. The van der Waals surface area contributed by atoms with Gasteiger partial charge in [0.1, 0.15) is 24.6 Å². The molecule has 10 heteroatoms. The summed E-state index contributed by atoms with van der Waals surface area (Å²) in [7, 11) is 1.77. The van der Waals surface area contributed by atoms with E-state index in [-0.39, 0.29) is 6.61 Å². The lowest BCUT2D eigenvalue weighted by molar-refractivity contribution is -0.0511. The number of aliphatic hydroxyl groups is 4. The number of likely N-dealkylation sites (N-methyl/N-ethyl adjacent to an activating group) is 1. The van der Waals surface area contributed by atoms with Gasteiger partial charge in [-0.2, -0.15) is 0 Å². The van der Waals surface area contributed by atoms with Crippen molar-refractivity contribution in [3.8, 4) is 0 Å². The molecule has 3 rings (SSSR count). The van der Waals surface area contributed by atoms with Gasteiger partial charge in [0.2, 0.25) is 0 Å². The topological polar surface area (TPSA) is 137 Å². The Hall–Kier alpha value is -1.85. The standard InChI is InChI=1S/C13H19N5O5/c1-17(2-3-19)11-8-12(15-5-14-11)18(6-16-8)13-10(22)9(21)7(4-20)23-13/h5-7,9-10,13,19-22H,2-4H2,1H3/t7-,9-,10-,13-/m1/s1. The first kappa shape index (κ1) is 16.0. The number of imidazole rings is 1. The van der Waals surface area contributed by atoms with Crippen LogP contribution >= 0.6 is 0 Å². The number of hydrogen-bond acceptors (Lipinski definition) is 9. The molecular weight excluding hydrogens is 306 g/mol. The largest absolute Gasteiger partial charge is 0.395 e. The van der Waals surface area contributed by atoms with Crippen molar-refractivity contribution >= 4 is 17.0 Å². The maximum atomic E-state index is 10.1. The van der Waals surface area contributed by atoms with Crippen molar-refractivity contribution in [2.45, 2.75) is 24.5 Å². The molecule has 2 aromatic rings. The van der Waals surface area contributed by atoms with Gasteiger partial charge in [-0.15, -0.1) is 0 Å². The summed E-state index contributed by atoms with van der Waals surface area (Å²) in [4.78, 5) is 14.3. The summed E-state index contributed by atoms with van der Waals surface area (Å²) in [5.41, 5.74) is 0.913. The second-order valence-electron chi connectivity index (χ2n) is 5.40. The number of aliphatic hydroxyl groups excluding tert-OH is 4. The summed E-state index contributed by atoms with van der Waals surface area (Å²) < 4.78 is 6.99. The Bertz CT molecular complexity index is 680. The zero-order chi connectivity index (χ0) is 16.6. The number of aromatic nitrogens is 4. The van der Waals surface area contributed by atoms with Gasteiger partial charge in [-0.3, -0.25) is 4.57 Å². The van der Waals surface area contributed by atoms with Crippen molar-refractivity contribution in [3.05, 3.63) is 12.7 Å². The molecule has 10 nitrogen and oxygen atoms in total. The minimum absolute atomic E-state index is 0.0302. The summed E-state index contributed by atoms with van der Waals surface area (Å²) in [6.07, 6.45) is -1.39. The van der Waals surface area contributed by atoms with E-state index in [1.165, 1.54) is 17.2 Å². The van der Waals surface area contributed by atoms with E-state index in [0.717, 1.165) is 0 Å². The smallest absolute Gasteiger partial charge is 0.167 e. The quantitative estimate of drug-likeness (QED) is 0.485. The predicted octanol–water partition coefficient (Wildman–Crippen LogP) is -2.13. The molecule has 4 atom stereocenters. The van der Waals surface area contributed by atoms with Crippen LogP contribution in [0.4, 0.5) is 5.82 Å². The Balaban J connectivity index is 1.99. The Morgan fingerprint density at radius 1 is 1.22 bits per heavy atom. The van der Waals surface area contributed by atoms with E-state index in [9.17, 15) is 15.3 Å². The molecule has 0 amide bonds. The Kier molecular flexibility index (Phi) is 4.41. The van der Waals surface area contributed by atoms with Crippen LogP contribution in [-0.2, 0) is 4.74 Å². The maximum absolute atomic E-state index is 10.1. The van der Waals surface area contributed by atoms with E-state index in [2.05, 4.69) is 15.0 Å². The summed E-state index contributed by atoms with van der Waals surface area (Å²) in [6.45, 7) is -0.0504. The first-order valence-electron chi connectivity index (χ1n) is 7.20.